The van der Waals surface area contributed by atoms with Crippen molar-refractivity contribution in [1.29, 1.82) is 0 Å². The number of allylic oxidation sites excluding steroid dienone is 1. The monoisotopic (exact) mass is 531 g/mol. The van der Waals surface area contributed by atoms with Crippen LogP contribution in [-0.4, -0.2) is 104 Å². The van der Waals surface area contributed by atoms with Gasteiger partial charge in [0, 0.05) is 44.5 Å². The standard InChI is InChI=1S/C25H41F4N7O/c26-17-3-7-24(5-1-2-6-24)13-18(33-14-17)21(22(30)31)23(37)34-19-15-32-8-4-20(19)36-11-9-35(10-12-36)16-25(27,28)29/h3,7,17,19-22,32H,1-2,4-6,8-16,30-31H2,(H,34,37)/b7-3-,33-18+. The lowest BCUT2D eigenvalue weighted by atomic mass is 9.76. The van der Waals surface area contributed by atoms with Crippen LogP contribution in [0.2, 0.25) is 0 Å². The number of hydrogen-bond acceptors (Lipinski definition) is 7. The highest BCUT2D eigenvalue weighted by molar-refractivity contribution is 6.05. The van der Waals surface area contributed by atoms with Gasteiger partial charge in [-0.25, -0.2) is 4.39 Å². The Labute approximate surface area is 216 Å². The molecule has 0 aromatic rings. The predicted molar refractivity (Wildman–Crippen MR) is 135 cm³/mol. The topological polar surface area (TPSA) is 112 Å². The zero-order valence-electron chi connectivity index (χ0n) is 21.4. The number of hydrogen-bond donors (Lipinski definition) is 4. The van der Waals surface area contributed by atoms with E-state index in [2.05, 4.69) is 20.5 Å². The fourth-order valence-corrected chi connectivity index (χ4v) is 6.44. The lowest BCUT2D eigenvalue weighted by Gasteiger charge is -2.45. The van der Waals surface area contributed by atoms with Gasteiger partial charge in [0.1, 0.15) is 12.1 Å². The molecule has 1 amide bonds. The van der Waals surface area contributed by atoms with Crippen LogP contribution in [0.3, 0.4) is 0 Å². The average Bonchev–Trinajstić information content (AvgIpc) is 3.29. The van der Waals surface area contributed by atoms with E-state index in [1.807, 2.05) is 6.08 Å². The molecule has 0 bridgehead atoms. The lowest BCUT2D eigenvalue weighted by molar-refractivity contribution is -0.150. The first kappa shape index (κ1) is 28.4. The third-order valence-electron chi connectivity index (χ3n) is 8.34. The molecule has 0 radical (unpaired) electrons. The van der Waals surface area contributed by atoms with Crippen molar-refractivity contribution in [2.24, 2.45) is 27.8 Å². The number of piperidine rings is 1. The Morgan fingerprint density at radius 1 is 1.22 bits per heavy atom. The molecule has 3 heterocycles. The fraction of sp³-hybridized carbons (Fsp3) is 0.840. The normalized spacial score (nSPS) is 32.9. The Hall–Kier alpha value is -1.60. The number of piperazine rings is 1. The number of aliphatic imine (C=N–C) groups is 1. The molecule has 210 valence electrons. The molecule has 6 N–H and O–H groups in total. The Kier molecular flexibility index (Phi) is 9.26. The van der Waals surface area contributed by atoms with Gasteiger partial charge in [0.25, 0.3) is 0 Å². The van der Waals surface area contributed by atoms with Crippen molar-refractivity contribution in [3.05, 3.63) is 12.2 Å². The van der Waals surface area contributed by atoms with Gasteiger partial charge in [0.05, 0.1) is 25.3 Å². The molecular formula is C25H41F4N7O. The van der Waals surface area contributed by atoms with Crippen LogP contribution in [0.1, 0.15) is 38.5 Å². The number of amides is 1. The van der Waals surface area contributed by atoms with Crippen LogP contribution in [0.5, 0.6) is 0 Å². The molecule has 37 heavy (non-hydrogen) atoms. The molecule has 0 aromatic carbocycles. The summed E-state index contributed by atoms with van der Waals surface area (Å²) in [5.74, 6) is -1.20. The number of rotatable bonds is 6. The van der Waals surface area contributed by atoms with E-state index in [9.17, 15) is 22.4 Å². The molecule has 2 saturated heterocycles. The van der Waals surface area contributed by atoms with Crippen LogP contribution in [0, 0.1) is 11.3 Å². The van der Waals surface area contributed by atoms with E-state index in [0.29, 0.717) is 44.9 Å². The molecular weight excluding hydrogens is 490 g/mol. The van der Waals surface area contributed by atoms with Crippen molar-refractivity contribution in [2.45, 2.75) is 69.1 Å². The summed E-state index contributed by atoms with van der Waals surface area (Å²) in [7, 11) is 0. The third-order valence-corrected chi connectivity index (χ3v) is 8.34. The molecule has 4 aliphatic rings. The number of alkyl halides is 4. The van der Waals surface area contributed by atoms with Gasteiger partial charge in [-0.05, 0) is 37.6 Å². The Bertz CT molecular complexity index is 835. The van der Waals surface area contributed by atoms with Crippen LogP contribution in [-0.2, 0) is 4.79 Å². The van der Waals surface area contributed by atoms with E-state index in [4.69, 9.17) is 11.5 Å². The molecule has 4 rings (SSSR count). The summed E-state index contributed by atoms with van der Waals surface area (Å²) in [6, 6.07) is -0.258. The number of halogens is 4. The van der Waals surface area contributed by atoms with Gasteiger partial charge in [0.2, 0.25) is 5.91 Å². The molecule has 4 atom stereocenters. The maximum absolute atomic E-state index is 14.4. The van der Waals surface area contributed by atoms with Gasteiger partial charge in [-0.3, -0.25) is 19.6 Å². The van der Waals surface area contributed by atoms with Crippen LogP contribution in [0.15, 0.2) is 17.1 Å². The minimum absolute atomic E-state index is 0.00788. The van der Waals surface area contributed by atoms with Crippen LogP contribution in [0.25, 0.3) is 0 Å². The molecule has 12 heteroatoms. The summed E-state index contributed by atoms with van der Waals surface area (Å²) in [6.45, 7) is 2.01. The minimum Gasteiger partial charge on any atom is -0.350 e. The summed E-state index contributed by atoms with van der Waals surface area (Å²) in [6.07, 6.45) is 2.38. The van der Waals surface area contributed by atoms with E-state index in [0.717, 1.165) is 38.6 Å². The Balaban J connectivity index is 1.44. The SMILES string of the molecule is NC(N)C(C(=O)NC1CNCCC1N1CCN(CC(F)(F)F)CC1)/C1=N/CC(F)/C=C\C2(CCCC2)C1. The first-order valence-electron chi connectivity index (χ1n) is 13.5. The summed E-state index contributed by atoms with van der Waals surface area (Å²) < 4.78 is 52.8. The van der Waals surface area contributed by atoms with Gasteiger partial charge >= 0.3 is 6.18 Å². The van der Waals surface area contributed by atoms with Crippen molar-refractivity contribution in [1.82, 2.24) is 20.4 Å². The van der Waals surface area contributed by atoms with Crippen LogP contribution in [0.4, 0.5) is 17.6 Å². The quantitative estimate of drug-likeness (QED) is 0.233. The summed E-state index contributed by atoms with van der Waals surface area (Å²) in [5, 5.41) is 6.44. The summed E-state index contributed by atoms with van der Waals surface area (Å²) in [4.78, 5) is 21.7. The number of nitrogens with zero attached hydrogens (tertiary/aromatic N) is 3. The van der Waals surface area contributed by atoms with Crippen molar-refractivity contribution < 1.29 is 22.4 Å². The fourth-order valence-electron chi connectivity index (χ4n) is 6.44. The first-order valence-corrected chi connectivity index (χ1v) is 13.5. The largest absolute Gasteiger partial charge is 0.401 e. The highest BCUT2D eigenvalue weighted by atomic mass is 19.4. The van der Waals surface area contributed by atoms with E-state index < -0.39 is 31.0 Å². The number of nitrogens with one attached hydrogen (secondary N) is 2. The van der Waals surface area contributed by atoms with Gasteiger partial charge < -0.3 is 22.1 Å². The Morgan fingerprint density at radius 3 is 2.57 bits per heavy atom. The van der Waals surface area contributed by atoms with Crippen molar-refractivity contribution in [3.63, 3.8) is 0 Å². The molecule has 3 fully saturated rings. The molecule has 1 spiro atoms. The summed E-state index contributed by atoms with van der Waals surface area (Å²) >= 11 is 0. The zero-order chi connectivity index (χ0) is 26.6. The van der Waals surface area contributed by atoms with Crippen LogP contribution < -0.4 is 22.1 Å². The van der Waals surface area contributed by atoms with Crippen molar-refractivity contribution in [3.8, 4) is 0 Å². The van der Waals surface area contributed by atoms with Crippen LogP contribution >= 0.6 is 0 Å². The Morgan fingerprint density at radius 2 is 1.92 bits per heavy atom. The lowest BCUT2D eigenvalue weighted by Crippen LogP contribution is -2.64. The molecule has 4 unspecified atom stereocenters. The highest BCUT2D eigenvalue weighted by Gasteiger charge is 2.41. The first-order chi connectivity index (χ1) is 17.6. The second-order valence-corrected chi connectivity index (χ2v) is 11.1. The van der Waals surface area contributed by atoms with Crippen molar-refractivity contribution >= 4 is 11.6 Å². The third kappa shape index (κ3) is 7.50. The van der Waals surface area contributed by atoms with Gasteiger partial charge in [-0.15, -0.1) is 0 Å². The summed E-state index contributed by atoms with van der Waals surface area (Å²) in [5.41, 5.74) is 12.6. The number of nitrogens with two attached hydrogens (primary N) is 2. The number of carbonyl (C=O) groups excluding carboxylic acids is 1. The molecule has 0 aromatic heterocycles. The van der Waals surface area contributed by atoms with E-state index >= 15 is 0 Å². The maximum atomic E-state index is 14.4. The van der Waals surface area contributed by atoms with Gasteiger partial charge in [-0.2, -0.15) is 13.2 Å². The van der Waals surface area contributed by atoms with E-state index in [1.165, 1.54) is 4.90 Å². The zero-order valence-corrected chi connectivity index (χ0v) is 21.4. The molecule has 1 saturated carbocycles. The average molecular weight is 532 g/mol. The molecule has 3 aliphatic heterocycles. The molecule has 1 aliphatic carbocycles. The maximum Gasteiger partial charge on any atom is 0.401 e. The smallest absolute Gasteiger partial charge is 0.350 e. The second-order valence-electron chi connectivity index (χ2n) is 11.1. The molecule has 8 nitrogen and oxygen atoms in total. The minimum atomic E-state index is -4.21. The van der Waals surface area contributed by atoms with Gasteiger partial charge in [0.15, 0.2) is 0 Å². The van der Waals surface area contributed by atoms with Gasteiger partial charge in [-0.1, -0.05) is 25.0 Å². The van der Waals surface area contributed by atoms with E-state index in [1.54, 1.807) is 6.08 Å². The predicted octanol–water partition coefficient (Wildman–Crippen LogP) is 1.17. The number of carbonyl (C=O) groups is 1. The highest BCUT2D eigenvalue weighted by Crippen LogP contribution is 2.44. The second kappa shape index (κ2) is 12.1. The van der Waals surface area contributed by atoms with Crippen molar-refractivity contribution in [2.75, 3.05) is 52.4 Å². The van der Waals surface area contributed by atoms with E-state index in [-0.39, 0.29) is 30.0 Å².